The predicted octanol–water partition coefficient (Wildman–Crippen LogP) is 0.441. The van der Waals surface area contributed by atoms with E-state index in [1.165, 1.54) is 12.0 Å². The van der Waals surface area contributed by atoms with Crippen LogP contribution >= 0.6 is 0 Å². The van der Waals surface area contributed by atoms with E-state index in [0.717, 1.165) is 29.2 Å². The number of aromatic nitrogens is 2. The molecular formula is C20H26N4O5. The van der Waals surface area contributed by atoms with Gasteiger partial charge in [0.05, 0.1) is 26.0 Å². The lowest BCUT2D eigenvalue weighted by Gasteiger charge is -2.36. The minimum absolute atomic E-state index is 0.148. The van der Waals surface area contributed by atoms with Gasteiger partial charge in [-0.1, -0.05) is 13.8 Å². The molecule has 1 aromatic heterocycles. The summed E-state index contributed by atoms with van der Waals surface area (Å²) in [5.74, 6) is -0.0390. The van der Waals surface area contributed by atoms with Gasteiger partial charge in [-0.05, 0) is 0 Å². The number of nitrogens with zero attached hydrogens (tertiary/aromatic N) is 4. The number of carbonyl (C=O) groups excluding carboxylic acids is 3. The lowest BCUT2D eigenvalue weighted by molar-refractivity contribution is -0.153. The maximum atomic E-state index is 12.9. The van der Waals surface area contributed by atoms with Gasteiger partial charge < -0.3 is 19.3 Å². The van der Waals surface area contributed by atoms with Crippen molar-refractivity contribution >= 4 is 17.8 Å². The van der Waals surface area contributed by atoms with E-state index in [1.54, 1.807) is 11.1 Å². The second-order valence-electron chi connectivity index (χ2n) is 7.36. The molecule has 1 unspecified atom stereocenters. The number of methoxy groups -OCH3 is 1. The van der Waals surface area contributed by atoms with Crippen LogP contribution in [0.4, 0.5) is 0 Å². The SMILES string of the molecule is COC(=O)/C=C/C(=O)N1CCOC(C(=O)N2CCc3nc(C(C)C)ncc3C2)C1. The highest BCUT2D eigenvalue weighted by molar-refractivity contribution is 5.95. The van der Waals surface area contributed by atoms with Crippen molar-refractivity contribution in [2.24, 2.45) is 0 Å². The number of carbonyl (C=O) groups is 3. The van der Waals surface area contributed by atoms with Crippen molar-refractivity contribution in [3.8, 4) is 0 Å². The molecule has 3 heterocycles. The molecule has 1 fully saturated rings. The summed E-state index contributed by atoms with van der Waals surface area (Å²) in [5.41, 5.74) is 1.93. The van der Waals surface area contributed by atoms with Crippen molar-refractivity contribution in [2.75, 3.05) is 33.4 Å². The number of hydrogen-bond donors (Lipinski definition) is 0. The Bertz CT molecular complexity index is 823. The van der Waals surface area contributed by atoms with Gasteiger partial charge in [-0.25, -0.2) is 14.8 Å². The Balaban J connectivity index is 1.62. The fraction of sp³-hybridized carbons (Fsp3) is 0.550. The fourth-order valence-corrected chi connectivity index (χ4v) is 3.31. The van der Waals surface area contributed by atoms with Gasteiger partial charge in [0.1, 0.15) is 5.82 Å². The molecule has 1 saturated heterocycles. The number of fused-ring (bicyclic) bond motifs is 1. The molecule has 1 atom stereocenters. The first-order valence-corrected chi connectivity index (χ1v) is 9.69. The van der Waals surface area contributed by atoms with Gasteiger partial charge in [-0.15, -0.1) is 0 Å². The van der Waals surface area contributed by atoms with Crippen LogP contribution in [0.2, 0.25) is 0 Å². The number of morpholine rings is 1. The Morgan fingerprint density at radius 1 is 1.24 bits per heavy atom. The first-order chi connectivity index (χ1) is 13.9. The molecule has 0 bridgehead atoms. The first-order valence-electron chi connectivity index (χ1n) is 9.69. The zero-order valence-electron chi connectivity index (χ0n) is 17.0. The second kappa shape index (κ2) is 9.13. The molecule has 2 amide bonds. The maximum absolute atomic E-state index is 12.9. The van der Waals surface area contributed by atoms with Gasteiger partial charge in [0.15, 0.2) is 6.10 Å². The molecule has 1 aromatic rings. The van der Waals surface area contributed by atoms with Crippen LogP contribution in [0.3, 0.4) is 0 Å². The minimum atomic E-state index is -0.725. The Hall–Kier alpha value is -2.81. The molecule has 9 heteroatoms. The van der Waals surface area contributed by atoms with Crippen molar-refractivity contribution in [3.05, 3.63) is 35.4 Å². The van der Waals surface area contributed by atoms with Crippen molar-refractivity contribution in [3.63, 3.8) is 0 Å². The molecule has 0 aliphatic carbocycles. The third kappa shape index (κ3) is 4.97. The van der Waals surface area contributed by atoms with Crippen LogP contribution in [0.15, 0.2) is 18.3 Å². The standard InChI is InChI=1S/C20H26N4O5/c1-13(2)19-21-10-14-11-24(7-6-15(14)22-19)20(27)16-12-23(8-9-29-16)17(25)4-5-18(26)28-3/h4-5,10,13,16H,6-9,11-12H2,1-3H3/b5-4+. The molecular weight excluding hydrogens is 376 g/mol. The molecule has 9 nitrogen and oxygen atoms in total. The van der Waals surface area contributed by atoms with E-state index in [4.69, 9.17) is 4.74 Å². The van der Waals surface area contributed by atoms with Crippen molar-refractivity contribution in [1.82, 2.24) is 19.8 Å². The van der Waals surface area contributed by atoms with Crippen molar-refractivity contribution in [1.29, 1.82) is 0 Å². The van der Waals surface area contributed by atoms with Crippen LogP contribution in [-0.4, -0.2) is 77.0 Å². The Kier molecular flexibility index (Phi) is 6.58. The number of hydrogen-bond acceptors (Lipinski definition) is 7. The van der Waals surface area contributed by atoms with E-state index >= 15 is 0 Å². The average molecular weight is 402 g/mol. The molecule has 29 heavy (non-hydrogen) atoms. The van der Waals surface area contributed by atoms with Gasteiger partial charge in [0.2, 0.25) is 5.91 Å². The summed E-state index contributed by atoms with van der Waals surface area (Å²) in [5, 5.41) is 0. The maximum Gasteiger partial charge on any atom is 0.330 e. The topological polar surface area (TPSA) is 102 Å². The van der Waals surface area contributed by atoms with E-state index in [9.17, 15) is 14.4 Å². The molecule has 3 rings (SSSR count). The summed E-state index contributed by atoms with van der Waals surface area (Å²) in [6.07, 6.45) is 3.96. The highest BCUT2D eigenvalue weighted by Gasteiger charge is 2.33. The number of rotatable bonds is 4. The Labute approximate surface area is 169 Å². The smallest absolute Gasteiger partial charge is 0.330 e. The molecule has 0 N–H and O–H groups in total. The lowest BCUT2D eigenvalue weighted by atomic mass is 10.1. The molecule has 2 aliphatic heterocycles. The third-order valence-corrected chi connectivity index (χ3v) is 5.00. The Morgan fingerprint density at radius 2 is 2.03 bits per heavy atom. The highest BCUT2D eigenvalue weighted by Crippen LogP contribution is 2.21. The van der Waals surface area contributed by atoms with Crippen molar-refractivity contribution in [2.45, 2.75) is 38.8 Å². The molecule has 156 valence electrons. The monoisotopic (exact) mass is 402 g/mol. The summed E-state index contributed by atoms with van der Waals surface area (Å²) in [7, 11) is 1.24. The van der Waals surface area contributed by atoms with Crippen LogP contribution in [0.25, 0.3) is 0 Å². The number of esters is 1. The van der Waals surface area contributed by atoms with Crippen LogP contribution in [0.1, 0.15) is 36.8 Å². The minimum Gasteiger partial charge on any atom is -0.466 e. The van der Waals surface area contributed by atoms with Crippen LogP contribution < -0.4 is 0 Å². The number of amides is 2. The summed E-state index contributed by atoms with van der Waals surface area (Å²) in [4.78, 5) is 48.6. The Morgan fingerprint density at radius 3 is 2.76 bits per heavy atom. The van der Waals surface area contributed by atoms with Gasteiger partial charge in [-0.3, -0.25) is 9.59 Å². The van der Waals surface area contributed by atoms with Crippen molar-refractivity contribution < 1.29 is 23.9 Å². The third-order valence-electron chi connectivity index (χ3n) is 5.00. The van der Waals surface area contributed by atoms with Crippen LogP contribution in [0.5, 0.6) is 0 Å². The van der Waals surface area contributed by atoms with Gasteiger partial charge in [0, 0.05) is 55.9 Å². The zero-order chi connectivity index (χ0) is 21.0. The summed E-state index contributed by atoms with van der Waals surface area (Å²) < 4.78 is 10.1. The molecule has 2 aliphatic rings. The van der Waals surface area contributed by atoms with E-state index in [0.29, 0.717) is 26.1 Å². The normalized spacial score (nSPS) is 19.4. The van der Waals surface area contributed by atoms with E-state index in [1.807, 2.05) is 13.8 Å². The number of ether oxygens (including phenoxy) is 2. The van der Waals surface area contributed by atoms with Crippen LogP contribution in [-0.2, 0) is 36.8 Å². The molecule has 0 saturated carbocycles. The predicted molar refractivity (Wildman–Crippen MR) is 103 cm³/mol. The fourth-order valence-electron chi connectivity index (χ4n) is 3.31. The first kappa shape index (κ1) is 20.9. The summed E-state index contributed by atoms with van der Waals surface area (Å²) >= 11 is 0. The van der Waals surface area contributed by atoms with Gasteiger partial charge in [-0.2, -0.15) is 0 Å². The van der Waals surface area contributed by atoms with E-state index < -0.39 is 12.1 Å². The molecule has 0 aromatic carbocycles. The highest BCUT2D eigenvalue weighted by atomic mass is 16.5. The molecule has 0 radical (unpaired) electrons. The lowest BCUT2D eigenvalue weighted by Crippen LogP contribution is -2.53. The largest absolute Gasteiger partial charge is 0.466 e. The summed E-state index contributed by atoms with van der Waals surface area (Å²) in [6.45, 7) is 5.86. The van der Waals surface area contributed by atoms with E-state index in [-0.39, 0.29) is 30.9 Å². The van der Waals surface area contributed by atoms with Crippen LogP contribution in [0, 0.1) is 0 Å². The quantitative estimate of drug-likeness (QED) is 0.532. The summed E-state index contributed by atoms with van der Waals surface area (Å²) in [6, 6.07) is 0. The van der Waals surface area contributed by atoms with Gasteiger partial charge in [0.25, 0.3) is 5.91 Å². The van der Waals surface area contributed by atoms with Gasteiger partial charge >= 0.3 is 5.97 Å². The second-order valence-corrected chi connectivity index (χ2v) is 7.36. The zero-order valence-corrected chi connectivity index (χ0v) is 17.0. The molecule has 0 spiro atoms. The van der Waals surface area contributed by atoms with E-state index in [2.05, 4.69) is 14.7 Å². The average Bonchev–Trinajstić information content (AvgIpc) is 2.75.